The van der Waals surface area contributed by atoms with Crippen LogP contribution in [0, 0.1) is 0 Å². The predicted octanol–water partition coefficient (Wildman–Crippen LogP) is 3.70. The Labute approximate surface area is 177 Å². The van der Waals surface area contributed by atoms with Crippen LogP contribution in [0.4, 0.5) is 0 Å². The van der Waals surface area contributed by atoms with Crippen LogP contribution < -0.4 is 11.1 Å². The predicted molar refractivity (Wildman–Crippen MR) is 117 cm³/mol. The highest BCUT2D eigenvalue weighted by Crippen LogP contribution is 2.43. The Balaban J connectivity index is 1.32. The van der Waals surface area contributed by atoms with E-state index in [1.807, 2.05) is 48.5 Å². The molecule has 0 aliphatic heterocycles. The molecule has 2 aromatic carbocycles. The lowest BCUT2D eigenvalue weighted by molar-refractivity contribution is 0.256. The van der Waals surface area contributed by atoms with Crippen molar-refractivity contribution in [2.45, 2.75) is 31.3 Å². The average Bonchev–Trinajstić information content (AvgIpc) is 3.22. The molecule has 0 saturated heterocycles. The van der Waals surface area contributed by atoms with Crippen LogP contribution in [-0.2, 0) is 6.54 Å². The summed E-state index contributed by atoms with van der Waals surface area (Å²) in [5, 5.41) is 9.89. The fraction of sp³-hybridized carbons (Fsp3) is 0.217. The van der Waals surface area contributed by atoms with Crippen LogP contribution in [0.3, 0.4) is 0 Å². The van der Waals surface area contributed by atoms with Crippen LogP contribution in [0.25, 0.3) is 10.6 Å². The molecule has 6 nitrogen and oxygen atoms in total. The van der Waals surface area contributed by atoms with E-state index in [2.05, 4.69) is 22.3 Å². The molecule has 0 atom stereocenters. The molecule has 150 valence electrons. The zero-order valence-corrected chi connectivity index (χ0v) is 17.0. The third-order valence-corrected chi connectivity index (χ3v) is 6.61. The minimum Gasteiger partial charge on any atom is -0.306 e. The molecule has 0 spiro atoms. The van der Waals surface area contributed by atoms with Crippen molar-refractivity contribution in [3.63, 3.8) is 0 Å². The second kappa shape index (κ2) is 7.84. The summed E-state index contributed by atoms with van der Waals surface area (Å²) < 4.78 is 3.01. The first-order valence-electron chi connectivity index (χ1n) is 9.93. The molecule has 0 N–H and O–H groups in total. The third kappa shape index (κ3) is 3.52. The van der Waals surface area contributed by atoms with Crippen LogP contribution >= 0.6 is 11.3 Å². The summed E-state index contributed by atoms with van der Waals surface area (Å²) in [6.07, 6.45) is 5.17. The van der Waals surface area contributed by atoms with Gasteiger partial charge in [-0.2, -0.15) is 0 Å². The van der Waals surface area contributed by atoms with Gasteiger partial charge in [0.1, 0.15) is 10.0 Å². The van der Waals surface area contributed by atoms with E-state index in [1.165, 1.54) is 21.5 Å². The molecular weight excluding hydrogens is 396 g/mol. The van der Waals surface area contributed by atoms with Gasteiger partial charge < -0.3 is 9.13 Å². The molecule has 5 rings (SSSR count). The first-order chi connectivity index (χ1) is 14.7. The van der Waals surface area contributed by atoms with Gasteiger partial charge in [0.15, 0.2) is 0 Å². The van der Waals surface area contributed by atoms with Crippen molar-refractivity contribution in [1.82, 2.24) is 19.3 Å². The molecule has 0 radical (unpaired) electrons. The standard InChI is InChI=1S/C23H20N4O2S/c28-22-23(29)27(19-13-18(14-19)16-7-3-1-4-8-16)12-11-26(22)15-20-24-25-21(30-20)17-9-5-2-6-10-17/h1-12,18-19H,13-15H2/t18-,19+. The number of benzene rings is 2. The monoisotopic (exact) mass is 416 g/mol. The van der Waals surface area contributed by atoms with Gasteiger partial charge in [-0.3, -0.25) is 9.59 Å². The van der Waals surface area contributed by atoms with Crippen LogP contribution in [-0.4, -0.2) is 19.3 Å². The second-order valence-corrected chi connectivity index (χ2v) is 8.61. The van der Waals surface area contributed by atoms with Crippen molar-refractivity contribution >= 4 is 11.3 Å². The first-order valence-corrected chi connectivity index (χ1v) is 10.7. The number of rotatable bonds is 5. The zero-order valence-electron chi connectivity index (χ0n) is 16.2. The molecule has 0 unspecified atom stereocenters. The van der Waals surface area contributed by atoms with E-state index < -0.39 is 11.1 Å². The number of hydrogen-bond acceptors (Lipinski definition) is 5. The van der Waals surface area contributed by atoms with E-state index in [0.717, 1.165) is 23.4 Å². The van der Waals surface area contributed by atoms with Gasteiger partial charge in [0.2, 0.25) is 0 Å². The van der Waals surface area contributed by atoms with Crippen molar-refractivity contribution in [2.24, 2.45) is 0 Å². The van der Waals surface area contributed by atoms with Gasteiger partial charge in [-0.05, 0) is 24.3 Å². The van der Waals surface area contributed by atoms with E-state index >= 15 is 0 Å². The Hall–Kier alpha value is -3.32. The van der Waals surface area contributed by atoms with Gasteiger partial charge in [-0.15, -0.1) is 10.2 Å². The molecular formula is C23H20N4O2S. The molecule has 1 aliphatic carbocycles. The van der Waals surface area contributed by atoms with Gasteiger partial charge in [0, 0.05) is 24.0 Å². The van der Waals surface area contributed by atoms with Gasteiger partial charge in [0.05, 0.1) is 6.54 Å². The highest BCUT2D eigenvalue weighted by molar-refractivity contribution is 7.14. The first kappa shape index (κ1) is 18.7. The van der Waals surface area contributed by atoms with Crippen LogP contribution in [0.1, 0.15) is 35.4 Å². The summed E-state index contributed by atoms with van der Waals surface area (Å²) in [5.74, 6) is 0.448. The number of nitrogens with zero attached hydrogens (tertiary/aromatic N) is 4. The fourth-order valence-corrected chi connectivity index (χ4v) is 4.75. The Morgan fingerprint density at radius 1 is 0.867 bits per heavy atom. The Morgan fingerprint density at radius 2 is 1.57 bits per heavy atom. The van der Waals surface area contributed by atoms with Gasteiger partial charge in [-0.1, -0.05) is 72.0 Å². The lowest BCUT2D eigenvalue weighted by Gasteiger charge is -2.36. The maximum Gasteiger partial charge on any atom is 0.316 e. The lowest BCUT2D eigenvalue weighted by Crippen LogP contribution is -2.44. The van der Waals surface area contributed by atoms with Crippen LogP contribution in [0.2, 0.25) is 0 Å². The normalized spacial score (nSPS) is 18.1. The van der Waals surface area contributed by atoms with E-state index in [-0.39, 0.29) is 12.6 Å². The number of aromatic nitrogens is 4. The molecule has 1 fully saturated rings. The molecule has 7 heteroatoms. The summed E-state index contributed by atoms with van der Waals surface area (Å²) in [7, 11) is 0. The largest absolute Gasteiger partial charge is 0.316 e. The summed E-state index contributed by atoms with van der Waals surface area (Å²) in [6.45, 7) is 0.247. The Bertz CT molecular complexity index is 1270. The summed E-state index contributed by atoms with van der Waals surface area (Å²) in [5.41, 5.74) is 1.29. The van der Waals surface area contributed by atoms with Crippen LogP contribution in [0.5, 0.6) is 0 Å². The molecule has 0 amide bonds. The van der Waals surface area contributed by atoms with Gasteiger partial charge in [-0.25, -0.2) is 0 Å². The maximum absolute atomic E-state index is 12.7. The second-order valence-electron chi connectivity index (χ2n) is 7.54. The molecule has 4 aromatic rings. The van der Waals surface area contributed by atoms with Gasteiger partial charge >= 0.3 is 11.1 Å². The molecule has 0 bridgehead atoms. The van der Waals surface area contributed by atoms with Crippen molar-refractivity contribution in [2.75, 3.05) is 0 Å². The Kier molecular flexibility index (Phi) is 4.88. The summed E-state index contributed by atoms with van der Waals surface area (Å²) in [4.78, 5) is 25.3. The van der Waals surface area contributed by atoms with E-state index in [0.29, 0.717) is 10.9 Å². The zero-order chi connectivity index (χ0) is 20.5. The highest BCUT2D eigenvalue weighted by Gasteiger charge is 2.32. The minimum atomic E-state index is -0.517. The van der Waals surface area contributed by atoms with Gasteiger partial charge in [0.25, 0.3) is 0 Å². The van der Waals surface area contributed by atoms with E-state index in [9.17, 15) is 9.59 Å². The molecule has 2 heterocycles. The van der Waals surface area contributed by atoms with Crippen molar-refractivity contribution in [3.05, 3.63) is 104 Å². The summed E-state index contributed by atoms with van der Waals surface area (Å²) in [6, 6.07) is 20.2. The molecule has 30 heavy (non-hydrogen) atoms. The Morgan fingerprint density at radius 3 is 2.30 bits per heavy atom. The average molecular weight is 417 g/mol. The maximum atomic E-state index is 12.7. The van der Waals surface area contributed by atoms with Crippen molar-refractivity contribution in [3.8, 4) is 10.6 Å². The smallest absolute Gasteiger partial charge is 0.306 e. The van der Waals surface area contributed by atoms with Crippen LogP contribution in [0.15, 0.2) is 82.6 Å². The summed E-state index contributed by atoms with van der Waals surface area (Å²) >= 11 is 1.43. The van der Waals surface area contributed by atoms with Crippen molar-refractivity contribution < 1.29 is 0 Å². The quantitative estimate of drug-likeness (QED) is 0.465. The number of hydrogen-bond donors (Lipinski definition) is 0. The highest BCUT2D eigenvalue weighted by atomic mass is 32.1. The van der Waals surface area contributed by atoms with Crippen molar-refractivity contribution in [1.29, 1.82) is 0 Å². The van der Waals surface area contributed by atoms with E-state index in [4.69, 9.17) is 0 Å². The molecule has 1 saturated carbocycles. The fourth-order valence-electron chi connectivity index (χ4n) is 3.91. The molecule has 1 aliphatic rings. The lowest BCUT2D eigenvalue weighted by atomic mass is 9.76. The SMILES string of the molecule is O=c1c(=O)n([C@H]2C[C@@H](c3ccccc3)C2)ccn1Cc1nnc(-c2ccccc2)s1. The van der Waals surface area contributed by atoms with E-state index in [1.54, 1.807) is 17.0 Å². The topological polar surface area (TPSA) is 69.8 Å². The third-order valence-electron chi connectivity index (χ3n) is 5.66. The molecule has 2 aromatic heterocycles. The minimum absolute atomic E-state index is 0.0799.